The average molecular weight is 446 g/mol. The quantitative estimate of drug-likeness (QED) is 0.647. The second-order valence-corrected chi connectivity index (χ2v) is 9.65. The highest BCUT2D eigenvalue weighted by Crippen LogP contribution is 2.33. The molecule has 0 radical (unpaired) electrons. The highest BCUT2D eigenvalue weighted by atomic mass is 32.2. The molecule has 4 rings (SSSR count). The Kier molecular flexibility index (Phi) is 6.10. The predicted octanol–water partition coefficient (Wildman–Crippen LogP) is 1.73. The Morgan fingerprint density at radius 3 is 2.74 bits per heavy atom. The molecule has 1 aromatic carbocycles. The molecule has 1 aromatic heterocycles. The number of rotatable bonds is 7. The van der Waals surface area contributed by atoms with Crippen LogP contribution in [0.2, 0.25) is 0 Å². The summed E-state index contributed by atoms with van der Waals surface area (Å²) in [6.45, 7) is 5.67. The number of carbonyl (C=O) groups excluding carboxylic acids is 1. The molecule has 0 unspecified atom stereocenters. The molecule has 166 valence electrons. The van der Waals surface area contributed by atoms with Crippen molar-refractivity contribution in [1.29, 1.82) is 0 Å². The number of hydrogen-bond acceptors (Lipinski definition) is 7. The van der Waals surface area contributed by atoms with Crippen LogP contribution in [0.15, 0.2) is 35.5 Å². The Bertz CT molecular complexity index is 1070. The molecule has 1 amide bonds. The lowest BCUT2D eigenvalue weighted by Gasteiger charge is -2.20. The Hall–Kier alpha value is -2.72. The molecular formula is C21H27N5O4S. The summed E-state index contributed by atoms with van der Waals surface area (Å²) in [4.78, 5) is 24.3. The third kappa shape index (κ3) is 4.64. The zero-order valence-corrected chi connectivity index (χ0v) is 18.6. The smallest absolute Gasteiger partial charge is 0.240 e. The minimum atomic E-state index is -3.69. The third-order valence-electron chi connectivity index (χ3n) is 5.62. The highest BCUT2D eigenvalue weighted by Gasteiger charge is 2.30. The second kappa shape index (κ2) is 8.80. The monoisotopic (exact) mass is 445 g/mol. The number of amides is 1. The van der Waals surface area contributed by atoms with E-state index in [9.17, 15) is 13.2 Å². The molecule has 0 saturated carbocycles. The van der Waals surface area contributed by atoms with Gasteiger partial charge in [0.1, 0.15) is 18.8 Å². The lowest BCUT2D eigenvalue weighted by Crippen LogP contribution is -2.33. The lowest BCUT2D eigenvalue weighted by atomic mass is 10.1. The molecule has 1 fully saturated rings. The van der Waals surface area contributed by atoms with Crippen molar-refractivity contribution < 1.29 is 17.9 Å². The number of sulfonamides is 1. The molecular weight excluding hydrogens is 418 g/mol. The van der Waals surface area contributed by atoms with Gasteiger partial charge in [-0.3, -0.25) is 4.79 Å². The highest BCUT2D eigenvalue weighted by molar-refractivity contribution is 7.89. The first-order valence-corrected chi connectivity index (χ1v) is 12.0. The van der Waals surface area contributed by atoms with E-state index in [2.05, 4.69) is 19.6 Å². The van der Waals surface area contributed by atoms with Gasteiger partial charge < -0.3 is 14.5 Å². The number of ether oxygens (including phenoxy) is 1. The summed E-state index contributed by atoms with van der Waals surface area (Å²) in [5.41, 5.74) is 1.64. The largest absolute Gasteiger partial charge is 0.476 e. The van der Waals surface area contributed by atoms with Crippen LogP contribution in [0, 0.1) is 0 Å². The molecule has 3 heterocycles. The Morgan fingerprint density at radius 1 is 1.23 bits per heavy atom. The van der Waals surface area contributed by atoms with Crippen molar-refractivity contribution in [2.24, 2.45) is 0 Å². The molecule has 0 spiro atoms. The third-order valence-corrected chi connectivity index (χ3v) is 7.08. The molecule has 1 saturated heterocycles. The van der Waals surface area contributed by atoms with Crippen LogP contribution >= 0.6 is 0 Å². The lowest BCUT2D eigenvalue weighted by molar-refractivity contribution is -0.116. The molecule has 1 atom stereocenters. The topological polar surface area (TPSA) is 105 Å². The molecule has 10 heteroatoms. The van der Waals surface area contributed by atoms with Crippen molar-refractivity contribution in [2.75, 3.05) is 36.0 Å². The van der Waals surface area contributed by atoms with E-state index < -0.39 is 10.0 Å². The molecule has 9 nitrogen and oxygen atoms in total. The van der Waals surface area contributed by atoms with Gasteiger partial charge in [-0.05, 0) is 49.9 Å². The summed E-state index contributed by atoms with van der Waals surface area (Å²) < 4.78 is 33.6. The number of fused-ring (bicyclic) bond motifs is 1. The number of nitrogens with one attached hydrogen (secondary N) is 1. The summed E-state index contributed by atoms with van der Waals surface area (Å²) in [5, 5.41) is 0. The van der Waals surface area contributed by atoms with Crippen LogP contribution in [-0.4, -0.2) is 56.6 Å². The number of hydrogen-bond donors (Lipinski definition) is 1. The van der Waals surface area contributed by atoms with Gasteiger partial charge in [-0.25, -0.2) is 23.1 Å². The molecule has 31 heavy (non-hydrogen) atoms. The molecule has 2 aliphatic heterocycles. The predicted molar refractivity (Wildman–Crippen MR) is 117 cm³/mol. The van der Waals surface area contributed by atoms with Crippen LogP contribution in [0.1, 0.15) is 32.3 Å². The molecule has 2 aromatic rings. The van der Waals surface area contributed by atoms with Crippen molar-refractivity contribution in [2.45, 2.75) is 44.0 Å². The van der Waals surface area contributed by atoms with Gasteiger partial charge in [0.05, 0.1) is 4.90 Å². The van der Waals surface area contributed by atoms with Crippen LogP contribution in [-0.2, 0) is 21.2 Å². The number of anilines is 2. The minimum Gasteiger partial charge on any atom is -0.476 e. The standard InChI is InChI=1S/C21H27N5O4S/c1-15-11-17-12-18(5-6-19(17)26(15)16(2)27)31(28,29)24-7-10-30-21-13-20(22-14-23-21)25-8-3-4-9-25/h5-6,12-15,24H,3-4,7-11H2,1-2H3/t15-/m1/s1. The minimum absolute atomic E-state index is 0.0186. The number of carbonyl (C=O) groups is 1. The van der Waals surface area contributed by atoms with Gasteiger partial charge in [-0.1, -0.05) is 0 Å². The van der Waals surface area contributed by atoms with Crippen LogP contribution in [0.4, 0.5) is 11.5 Å². The van der Waals surface area contributed by atoms with E-state index in [1.165, 1.54) is 19.3 Å². The normalized spacial score (nSPS) is 18.3. The van der Waals surface area contributed by atoms with Gasteiger partial charge in [-0.2, -0.15) is 0 Å². The van der Waals surface area contributed by atoms with Crippen LogP contribution in [0.25, 0.3) is 0 Å². The maximum atomic E-state index is 12.7. The summed E-state index contributed by atoms with van der Waals surface area (Å²) in [6, 6.07) is 6.67. The molecule has 0 aliphatic carbocycles. The number of benzene rings is 1. The fourth-order valence-corrected chi connectivity index (χ4v) is 5.26. The van der Waals surface area contributed by atoms with Crippen LogP contribution in [0.5, 0.6) is 5.88 Å². The van der Waals surface area contributed by atoms with E-state index in [-0.39, 0.29) is 30.0 Å². The SMILES string of the molecule is CC(=O)N1c2ccc(S(=O)(=O)NCCOc3cc(N4CCCC4)ncn3)cc2C[C@H]1C. The van der Waals surface area contributed by atoms with Crippen molar-refractivity contribution in [3.8, 4) is 5.88 Å². The van der Waals surface area contributed by atoms with Crippen molar-refractivity contribution >= 4 is 27.4 Å². The zero-order valence-electron chi connectivity index (χ0n) is 17.7. The van der Waals surface area contributed by atoms with E-state index in [1.807, 2.05) is 6.92 Å². The Labute approximate surface area is 182 Å². The van der Waals surface area contributed by atoms with E-state index in [4.69, 9.17) is 4.74 Å². The van der Waals surface area contributed by atoms with Gasteiger partial charge in [-0.15, -0.1) is 0 Å². The summed E-state index contributed by atoms with van der Waals surface area (Å²) in [5.74, 6) is 1.21. The first-order valence-electron chi connectivity index (χ1n) is 10.5. The zero-order chi connectivity index (χ0) is 22.0. The summed E-state index contributed by atoms with van der Waals surface area (Å²) in [7, 11) is -3.69. The van der Waals surface area contributed by atoms with E-state index in [0.29, 0.717) is 12.3 Å². The van der Waals surface area contributed by atoms with Gasteiger partial charge in [0, 0.05) is 44.4 Å². The van der Waals surface area contributed by atoms with Gasteiger partial charge in [0.15, 0.2) is 0 Å². The van der Waals surface area contributed by atoms with Crippen molar-refractivity contribution in [3.63, 3.8) is 0 Å². The Balaban J connectivity index is 1.35. The van der Waals surface area contributed by atoms with Gasteiger partial charge in [0.2, 0.25) is 21.8 Å². The summed E-state index contributed by atoms with van der Waals surface area (Å²) in [6.07, 6.45) is 4.39. The second-order valence-electron chi connectivity index (χ2n) is 7.89. The maximum Gasteiger partial charge on any atom is 0.240 e. The fourth-order valence-electron chi connectivity index (χ4n) is 4.20. The van der Waals surface area contributed by atoms with Crippen LogP contribution < -0.4 is 19.3 Å². The van der Waals surface area contributed by atoms with Crippen LogP contribution in [0.3, 0.4) is 0 Å². The van der Waals surface area contributed by atoms with E-state index in [1.54, 1.807) is 23.1 Å². The first kappa shape index (κ1) is 21.5. The maximum absolute atomic E-state index is 12.7. The average Bonchev–Trinajstić information content (AvgIpc) is 3.38. The van der Waals surface area contributed by atoms with Crippen molar-refractivity contribution in [1.82, 2.24) is 14.7 Å². The number of aromatic nitrogens is 2. The fraction of sp³-hybridized carbons (Fsp3) is 0.476. The van der Waals surface area contributed by atoms with Gasteiger partial charge >= 0.3 is 0 Å². The van der Waals surface area contributed by atoms with Crippen molar-refractivity contribution in [3.05, 3.63) is 36.2 Å². The van der Waals surface area contributed by atoms with Gasteiger partial charge in [0.25, 0.3) is 0 Å². The molecule has 0 bridgehead atoms. The first-order chi connectivity index (χ1) is 14.8. The van der Waals surface area contributed by atoms with E-state index >= 15 is 0 Å². The van der Waals surface area contributed by atoms with E-state index in [0.717, 1.165) is 43.0 Å². The summed E-state index contributed by atoms with van der Waals surface area (Å²) >= 11 is 0. The molecule has 2 aliphatic rings. The number of nitrogens with zero attached hydrogens (tertiary/aromatic N) is 4. The molecule has 1 N–H and O–H groups in total. The Morgan fingerprint density at radius 2 is 2.00 bits per heavy atom.